The number of aromatic nitrogens is 1. The number of carbonyl (C=O) groups excluding carboxylic acids is 3. The fourth-order valence-electron chi connectivity index (χ4n) is 8.47. The number of nitrogens with one attached hydrogen (secondary N) is 1. The van der Waals surface area contributed by atoms with E-state index in [4.69, 9.17) is 9.47 Å². The van der Waals surface area contributed by atoms with E-state index in [1.807, 2.05) is 43.9 Å². The molecule has 2 aromatic carbocycles. The topological polar surface area (TPSA) is 130 Å². The predicted octanol–water partition coefficient (Wildman–Crippen LogP) is 5.90. The smallest absolute Gasteiger partial charge is 0.410 e. The van der Waals surface area contributed by atoms with Crippen LogP contribution in [0.5, 0.6) is 5.75 Å². The van der Waals surface area contributed by atoms with Gasteiger partial charge in [0.1, 0.15) is 11.4 Å². The van der Waals surface area contributed by atoms with Crippen LogP contribution in [0.4, 0.5) is 4.79 Å². The zero-order valence-electron chi connectivity index (χ0n) is 31.1. The molecule has 7 rings (SSSR count). The van der Waals surface area contributed by atoms with Crippen molar-refractivity contribution in [1.82, 2.24) is 23.4 Å². The Kier molecular flexibility index (Phi) is 9.34. The second kappa shape index (κ2) is 13.4. The quantitative estimate of drug-likeness (QED) is 0.290. The van der Waals surface area contributed by atoms with Crippen LogP contribution in [0.15, 0.2) is 42.5 Å². The Bertz CT molecular complexity index is 1990. The highest BCUT2D eigenvalue weighted by Gasteiger charge is 2.57. The fraction of sp³-hybridized carbons (Fsp3) is 0.564. The van der Waals surface area contributed by atoms with E-state index in [1.54, 1.807) is 24.1 Å². The molecule has 3 heterocycles. The lowest BCUT2D eigenvalue weighted by molar-refractivity contribution is -0.140. The number of benzene rings is 2. The number of hydrogen-bond acceptors (Lipinski definition) is 7. The molecule has 13 heteroatoms. The summed E-state index contributed by atoms with van der Waals surface area (Å²) < 4.78 is 41.8. The summed E-state index contributed by atoms with van der Waals surface area (Å²) in [4.78, 5) is 44.8. The van der Waals surface area contributed by atoms with Crippen molar-refractivity contribution in [2.75, 3.05) is 34.3 Å². The Morgan fingerprint density at radius 3 is 2.17 bits per heavy atom. The molecule has 4 aliphatic rings. The molecule has 2 saturated carbocycles. The Morgan fingerprint density at radius 2 is 1.60 bits per heavy atom. The standard InChI is InChI=1S/C39H51N5O7S/c1-38(2,3)51-37(47)43-23-28-21-29(43)22-42(28)36(46)39(18-19-39)24-44-32-20-27(35(45)40-52(48,49)41(4)5)14-17-31(32)33(25-10-8-7-9-11-25)34(44)26-12-15-30(50-6)16-13-26/h12-17,20,25,28-29H,7-11,18-19,21-24H2,1-6H3,(H,40,45). The molecule has 3 aromatic rings. The summed E-state index contributed by atoms with van der Waals surface area (Å²) in [6.07, 6.45) is 7.41. The SMILES string of the molecule is COc1ccc(-c2c(C3CCCCC3)c3ccc(C(=O)NS(=O)(=O)N(C)C)cc3n2CC2(C(=O)N3CC4CC3CN4C(=O)OC(C)(C)C)CC2)cc1. The summed E-state index contributed by atoms with van der Waals surface area (Å²) in [6, 6.07) is 13.3. The summed E-state index contributed by atoms with van der Waals surface area (Å²) in [7, 11) is 0.373. The number of carbonyl (C=O) groups is 3. The number of hydrogen-bond donors (Lipinski definition) is 1. The molecule has 12 nitrogen and oxygen atoms in total. The minimum atomic E-state index is -4.01. The highest BCUT2D eigenvalue weighted by Crippen LogP contribution is 2.53. The Hall–Kier alpha value is -4.10. The number of fused-ring (bicyclic) bond motifs is 3. The highest BCUT2D eigenvalue weighted by atomic mass is 32.2. The van der Waals surface area contributed by atoms with Gasteiger partial charge >= 0.3 is 16.3 Å². The lowest BCUT2D eigenvalue weighted by atomic mass is 9.81. The molecule has 2 saturated heterocycles. The van der Waals surface area contributed by atoms with E-state index in [1.165, 1.54) is 26.1 Å². The van der Waals surface area contributed by atoms with E-state index >= 15 is 0 Å². The maximum atomic E-state index is 14.6. The molecule has 1 aromatic heterocycles. The first-order valence-corrected chi connectivity index (χ1v) is 19.9. The highest BCUT2D eigenvalue weighted by molar-refractivity contribution is 7.87. The van der Waals surface area contributed by atoms with Crippen molar-refractivity contribution in [3.63, 3.8) is 0 Å². The van der Waals surface area contributed by atoms with Crippen molar-refractivity contribution in [2.24, 2.45) is 5.41 Å². The van der Waals surface area contributed by atoms with E-state index < -0.39 is 27.1 Å². The monoisotopic (exact) mass is 733 g/mol. The van der Waals surface area contributed by atoms with Gasteiger partial charge in [0.05, 0.1) is 30.3 Å². The lowest BCUT2D eigenvalue weighted by Gasteiger charge is -2.37. The minimum absolute atomic E-state index is 0.0586. The number of amides is 3. The Labute approximate surface area is 306 Å². The van der Waals surface area contributed by atoms with Crippen LogP contribution in [0.25, 0.3) is 22.2 Å². The first kappa shape index (κ1) is 36.3. The van der Waals surface area contributed by atoms with Crippen molar-refractivity contribution < 1.29 is 32.3 Å². The zero-order valence-corrected chi connectivity index (χ0v) is 31.9. The van der Waals surface area contributed by atoms with Gasteiger partial charge in [-0.15, -0.1) is 0 Å². The molecule has 0 radical (unpaired) electrons. The molecule has 3 amide bonds. The summed E-state index contributed by atoms with van der Waals surface area (Å²) in [5.41, 5.74) is 3.04. The zero-order chi connectivity index (χ0) is 37.2. The maximum Gasteiger partial charge on any atom is 0.410 e. The minimum Gasteiger partial charge on any atom is -0.497 e. The van der Waals surface area contributed by atoms with Crippen LogP contribution in [0.3, 0.4) is 0 Å². The second-order valence-electron chi connectivity index (χ2n) is 16.3. The number of methoxy groups -OCH3 is 1. The van der Waals surface area contributed by atoms with Crippen molar-refractivity contribution in [3.05, 3.63) is 53.6 Å². The number of piperazine rings is 1. The van der Waals surface area contributed by atoms with Gasteiger partial charge in [-0.05, 0) is 106 Å². The van der Waals surface area contributed by atoms with Gasteiger partial charge in [-0.1, -0.05) is 25.3 Å². The van der Waals surface area contributed by atoms with E-state index in [2.05, 4.69) is 21.4 Å². The average Bonchev–Trinajstić information content (AvgIpc) is 3.44. The van der Waals surface area contributed by atoms with Crippen LogP contribution in [-0.4, -0.2) is 97.0 Å². The molecule has 52 heavy (non-hydrogen) atoms. The molecule has 2 aliphatic heterocycles. The van der Waals surface area contributed by atoms with Gasteiger partial charge in [0.2, 0.25) is 5.91 Å². The van der Waals surface area contributed by atoms with E-state index in [0.717, 1.165) is 77.2 Å². The van der Waals surface area contributed by atoms with Crippen molar-refractivity contribution in [2.45, 2.75) is 102 Å². The van der Waals surface area contributed by atoms with Gasteiger partial charge in [-0.2, -0.15) is 12.7 Å². The van der Waals surface area contributed by atoms with Crippen LogP contribution in [0.1, 0.15) is 94.0 Å². The predicted molar refractivity (Wildman–Crippen MR) is 198 cm³/mol. The third kappa shape index (κ3) is 6.77. The number of nitrogens with zero attached hydrogens (tertiary/aromatic N) is 4. The van der Waals surface area contributed by atoms with Crippen molar-refractivity contribution in [3.8, 4) is 17.0 Å². The number of rotatable bonds is 9. The molecule has 2 bridgehead atoms. The van der Waals surface area contributed by atoms with Gasteiger partial charge in [0.15, 0.2) is 0 Å². The van der Waals surface area contributed by atoms with E-state index in [-0.39, 0.29) is 29.6 Å². The Morgan fingerprint density at radius 1 is 0.942 bits per heavy atom. The second-order valence-corrected chi connectivity index (χ2v) is 18.2. The Balaban J connectivity index is 1.29. The van der Waals surface area contributed by atoms with Crippen LogP contribution in [0, 0.1) is 5.41 Å². The third-order valence-electron chi connectivity index (χ3n) is 11.3. The summed E-state index contributed by atoms with van der Waals surface area (Å²) in [5.74, 6) is 0.428. The normalized spacial score (nSPS) is 21.5. The van der Waals surface area contributed by atoms with Gasteiger partial charge in [-0.3, -0.25) is 9.59 Å². The lowest BCUT2D eigenvalue weighted by Crippen LogP contribution is -2.53. The van der Waals surface area contributed by atoms with Crippen molar-refractivity contribution >= 4 is 39.0 Å². The number of ether oxygens (including phenoxy) is 2. The van der Waals surface area contributed by atoms with Crippen molar-refractivity contribution in [1.29, 1.82) is 0 Å². The molecule has 2 unspecified atom stereocenters. The molecule has 2 atom stereocenters. The average molecular weight is 734 g/mol. The van der Waals surface area contributed by atoms with Gasteiger partial charge in [-0.25, -0.2) is 9.52 Å². The summed E-state index contributed by atoms with van der Waals surface area (Å²) >= 11 is 0. The molecule has 2 aliphatic carbocycles. The number of likely N-dealkylation sites (tertiary alicyclic amines) is 2. The molecule has 0 spiro atoms. The molecule has 4 fully saturated rings. The van der Waals surface area contributed by atoms with Gasteiger partial charge in [0, 0.05) is 50.2 Å². The summed E-state index contributed by atoms with van der Waals surface area (Å²) in [5, 5.41) is 1.02. The van der Waals surface area contributed by atoms with Crippen LogP contribution in [-0.2, 0) is 26.3 Å². The molecule has 280 valence electrons. The van der Waals surface area contributed by atoms with Crippen LogP contribution in [0.2, 0.25) is 0 Å². The first-order chi connectivity index (χ1) is 24.6. The largest absolute Gasteiger partial charge is 0.497 e. The fourth-order valence-corrected chi connectivity index (χ4v) is 9.01. The van der Waals surface area contributed by atoms with Crippen LogP contribution < -0.4 is 9.46 Å². The van der Waals surface area contributed by atoms with Gasteiger partial charge in [0.25, 0.3) is 5.91 Å². The van der Waals surface area contributed by atoms with E-state index in [9.17, 15) is 22.8 Å². The third-order valence-corrected chi connectivity index (χ3v) is 12.7. The molecular weight excluding hydrogens is 683 g/mol. The van der Waals surface area contributed by atoms with Gasteiger partial charge < -0.3 is 23.8 Å². The first-order valence-electron chi connectivity index (χ1n) is 18.5. The van der Waals surface area contributed by atoms with Crippen LogP contribution >= 0.6 is 0 Å². The van der Waals surface area contributed by atoms with E-state index in [0.29, 0.717) is 25.6 Å². The molecular formula is C39H51N5O7S. The maximum absolute atomic E-state index is 14.6. The summed E-state index contributed by atoms with van der Waals surface area (Å²) in [6.45, 7) is 6.94. The molecule has 1 N–H and O–H groups in total.